The second-order valence-corrected chi connectivity index (χ2v) is 16.2. The largest absolute Gasteiger partial charge is 0.444 e. The molecule has 0 saturated carbocycles. The molecule has 0 aliphatic heterocycles. The Kier molecular flexibility index (Phi) is 20.0. The molecule has 0 radical (unpaired) electrons. The highest BCUT2D eigenvalue weighted by molar-refractivity contribution is 7.80. The first-order valence-corrected chi connectivity index (χ1v) is 18.8. The van der Waals surface area contributed by atoms with E-state index in [1.165, 1.54) is 0 Å². The SMILES string of the molecule is CC(C)C[C@H](NC(=O)[C@H](C)C[C@H](O)[C@H](CC(C)C)NC(=O)[C@H](CCS)NC(=O)[C@@H](NC(=O)OC(C)(C)C)C(C)C)[C@@H](O)CCc1ccccc1. The number of ether oxygens (including phenoxy) is 1. The maximum atomic E-state index is 13.6. The zero-order valence-electron chi connectivity index (χ0n) is 32.0. The lowest BCUT2D eigenvalue weighted by Crippen LogP contribution is -2.58. The molecule has 50 heavy (non-hydrogen) atoms. The average molecular weight is 723 g/mol. The van der Waals surface area contributed by atoms with E-state index in [0.29, 0.717) is 31.4 Å². The van der Waals surface area contributed by atoms with Crippen molar-refractivity contribution in [1.29, 1.82) is 0 Å². The summed E-state index contributed by atoms with van der Waals surface area (Å²) < 4.78 is 5.32. The monoisotopic (exact) mass is 722 g/mol. The normalized spacial score (nSPS) is 16.2. The second kappa shape index (κ2) is 22.2. The maximum absolute atomic E-state index is 13.6. The Hall–Kier alpha value is -2.83. The van der Waals surface area contributed by atoms with E-state index < -0.39 is 65.8 Å². The summed E-state index contributed by atoms with van der Waals surface area (Å²) in [5, 5.41) is 33.7. The lowest BCUT2D eigenvalue weighted by atomic mass is 9.91. The number of alkyl carbamates (subject to hydrolysis) is 1. The first-order chi connectivity index (χ1) is 23.2. The van der Waals surface area contributed by atoms with Gasteiger partial charge in [-0.05, 0) is 88.4 Å². The zero-order valence-corrected chi connectivity index (χ0v) is 32.9. The van der Waals surface area contributed by atoms with Crippen LogP contribution in [0.1, 0.15) is 107 Å². The Morgan fingerprint density at radius 2 is 1.26 bits per heavy atom. The van der Waals surface area contributed by atoms with E-state index in [9.17, 15) is 29.4 Å². The number of nitrogens with one attached hydrogen (secondary N) is 4. The molecule has 0 fully saturated rings. The molecular weight excluding hydrogens is 657 g/mol. The molecule has 1 rings (SSSR count). The number of amides is 4. The average Bonchev–Trinajstić information content (AvgIpc) is 3.00. The summed E-state index contributed by atoms with van der Waals surface area (Å²) in [5.41, 5.74) is 0.366. The highest BCUT2D eigenvalue weighted by atomic mass is 32.1. The molecule has 0 spiro atoms. The van der Waals surface area contributed by atoms with Gasteiger partial charge in [0.15, 0.2) is 0 Å². The summed E-state index contributed by atoms with van der Waals surface area (Å²) in [6, 6.07) is 6.84. The van der Waals surface area contributed by atoms with Crippen LogP contribution in [-0.4, -0.2) is 81.8 Å². The number of hydrogen-bond donors (Lipinski definition) is 7. The van der Waals surface area contributed by atoms with Crippen molar-refractivity contribution < 1.29 is 34.1 Å². The number of benzene rings is 1. The number of thiol groups is 1. The van der Waals surface area contributed by atoms with Gasteiger partial charge in [-0.3, -0.25) is 14.4 Å². The Labute approximate surface area is 306 Å². The number of rotatable bonds is 21. The number of aliphatic hydroxyl groups is 2. The van der Waals surface area contributed by atoms with E-state index in [1.54, 1.807) is 41.5 Å². The molecule has 0 aliphatic rings. The summed E-state index contributed by atoms with van der Waals surface area (Å²) >= 11 is 4.29. The Morgan fingerprint density at radius 1 is 0.720 bits per heavy atom. The second-order valence-electron chi connectivity index (χ2n) is 15.7. The van der Waals surface area contributed by atoms with Crippen LogP contribution in [0.3, 0.4) is 0 Å². The molecule has 11 nitrogen and oxygen atoms in total. The lowest BCUT2D eigenvalue weighted by Gasteiger charge is -2.31. The molecule has 0 unspecified atom stereocenters. The van der Waals surface area contributed by atoms with Crippen molar-refractivity contribution in [3.63, 3.8) is 0 Å². The predicted molar refractivity (Wildman–Crippen MR) is 202 cm³/mol. The quantitative estimate of drug-likeness (QED) is 0.0898. The molecule has 0 aromatic heterocycles. The molecule has 0 heterocycles. The van der Waals surface area contributed by atoms with Gasteiger partial charge in [0.25, 0.3) is 0 Å². The van der Waals surface area contributed by atoms with Gasteiger partial charge in [0.2, 0.25) is 17.7 Å². The topological polar surface area (TPSA) is 166 Å². The number of aryl methyl sites for hydroxylation is 1. The summed E-state index contributed by atoms with van der Waals surface area (Å²) in [6.07, 6.45) is -0.0136. The van der Waals surface area contributed by atoms with Crippen molar-refractivity contribution in [3.8, 4) is 0 Å². The van der Waals surface area contributed by atoms with Gasteiger partial charge in [-0.25, -0.2) is 4.79 Å². The van der Waals surface area contributed by atoms with Gasteiger partial charge in [0, 0.05) is 5.92 Å². The lowest BCUT2D eigenvalue weighted by molar-refractivity contribution is -0.131. The van der Waals surface area contributed by atoms with Crippen molar-refractivity contribution >= 4 is 36.4 Å². The minimum atomic E-state index is -1.06. The van der Waals surface area contributed by atoms with Crippen molar-refractivity contribution in [3.05, 3.63) is 35.9 Å². The molecule has 0 saturated heterocycles. The molecule has 4 amide bonds. The summed E-state index contributed by atoms with van der Waals surface area (Å²) in [4.78, 5) is 52.7. The van der Waals surface area contributed by atoms with E-state index in [4.69, 9.17) is 4.74 Å². The molecule has 7 atom stereocenters. The Bertz CT molecular complexity index is 1180. The molecule has 1 aromatic rings. The van der Waals surface area contributed by atoms with Gasteiger partial charge < -0.3 is 36.2 Å². The van der Waals surface area contributed by atoms with Gasteiger partial charge in [-0.1, -0.05) is 78.8 Å². The Morgan fingerprint density at radius 3 is 1.76 bits per heavy atom. The van der Waals surface area contributed by atoms with Crippen molar-refractivity contribution in [2.75, 3.05) is 5.75 Å². The van der Waals surface area contributed by atoms with Crippen molar-refractivity contribution in [2.45, 2.75) is 150 Å². The number of carbonyl (C=O) groups is 4. The fraction of sp³-hybridized carbons (Fsp3) is 0.737. The molecule has 6 N–H and O–H groups in total. The maximum Gasteiger partial charge on any atom is 0.408 e. The van der Waals surface area contributed by atoms with E-state index in [-0.39, 0.29) is 36.5 Å². The molecule has 0 bridgehead atoms. The van der Waals surface area contributed by atoms with Gasteiger partial charge in [-0.2, -0.15) is 12.6 Å². The highest BCUT2D eigenvalue weighted by Gasteiger charge is 2.33. The summed E-state index contributed by atoms with van der Waals surface area (Å²) in [5.74, 6) is -1.56. The minimum absolute atomic E-state index is 0.0802. The summed E-state index contributed by atoms with van der Waals surface area (Å²) in [6.45, 7) is 18.5. The summed E-state index contributed by atoms with van der Waals surface area (Å²) in [7, 11) is 0. The fourth-order valence-electron chi connectivity index (χ4n) is 5.67. The van der Waals surface area contributed by atoms with Gasteiger partial charge in [0.1, 0.15) is 17.7 Å². The smallest absolute Gasteiger partial charge is 0.408 e. The van der Waals surface area contributed by atoms with Gasteiger partial charge in [-0.15, -0.1) is 0 Å². The number of aliphatic hydroxyl groups excluding tert-OH is 2. The minimum Gasteiger partial charge on any atom is -0.444 e. The van der Waals surface area contributed by atoms with Crippen LogP contribution < -0.4 is 21.3 Å². The third-order valence-corrected chi connectivity index (χ3v) is 8.58. The third-order valence-electron chi connectivity index (χ3n) is 8.32. The van der Waals surface area contributed by atoms with E-state index in [1.807, 2.05) is 58.0 Å². The van der Waals surface area contributed by atoms with E-state index in [0.717, 1.165) is 5.56 Å². The predicted octanol–water partition coefficient (Wildman–Crippen LogP) is 4.78. The molecule has 0 aliphatic carbocycles. The van der Waals surface area contributed by atoms with Crippen LogP contribution in [0.5, 0.6) is 0 Å². The zero-order chi connectivity index (χ0) is 38.2. The van der Waals surface area contributed by atoms with Crippen molar-refractivity contribution in [1.82, 2.24) is 21.3 Å². The highest BCUT2D eigenvalue weighted by Crippen LogP contribution is 2.19. The van der Waals surface area contributed by atoms with Crippen LogP contribution in [0.25, 0.3) is 0 Å². The first-order valence-electron chi connectivity index (χ1n) is 18.1. The fourth-order valence-corrected chi connectivity index (χ4v) is 5.93. The van der Waals surface area contributed by atoms with E-state index >= 15 is 0 Å². The van der Waals surface area contributed by atoms with Crippen LogP contribution in [0.2, 0.25) is 0 Å². The number of carbonyl (C=O) groups excluding carboxylic acids is 4. The number of hydrogen-bond acceptors (Lipinski definition) is 8. The van der Waals surface area contributed by atoms with Crippen molar-refractivity contribution in [2.24, 2.45) is 23.7 Å². The third kappa shape index (κ3) is 17.9. The molecule has 286 valence electrons. The van der Waals surface area contributed by atoms with Crippen LogP contribution >= 0.6 is 12.6 Å². The molecule has 1 aromatic carbocycles. The Balaban J connectivity index is 2.98. The molecular formula is C38H66N4O7S. The van der Waals surface area contributed by atoms with Gasteiger partial charge in [0.05, 0.1) is 24.3 Å². The first kappa shape index (κ1) is 45.2. The van der Waals surface area contributed by atoms with Crippen LogP contribution in [-0.2, 0) is 25.5 Å². The van der Waals surface area contributed by atoms with E-state index in [2.05, 4.69) is 33.9 Å². The molecule has 12 heteroatoms. The van der Waals surface area contributed by atoms with Crippen LogP contribution in [0, 0.1) is 23.7 Å². The van der Waals surface area contributed by atoms with Crippen LogP contribution in [0.15, 0.2) is 30.3 Å². The van der Waals surface area contributed by atoms with Gasteiger partial charge >= 0.3 is 6.09 Å². The standard InChI is InChI=1S/C38H66N4O7S/c1-23(2)20-29(31(43)17-16-27-14-12-11-13-15-27)40-34(45)26(7)22-32(44)30(21-24(3)4)41-35(46)28(18-19-50)39-36(47)33(25(5)6)42-37(48)49-38(8,9)10/h11-15,23-26,28-33,43-44,50H,16-22H2,1-10H3,(H,39,47)(H,40,45)(H,41,46)(H,42,48)/t26-,28+,29+,30+,31+,32+,33+/m1/s1. The van der Waals surface area contributed by atoms with Crippen LogP contribution in [0.4, 0.5) is 4.79 Å².